The summed E-state index contributed by atoms with van der Waals surface area (Å²) in [6.45, 7) is 4.90. The molecule has 0 aliphatic heterocycles. The maximum atomic E-state index is 11.6. The van der Waals surface area contributed by atoms with Crippen molar-refractivity contribution in [2.75, 3.05) is 0 Å². The van der Waals surface area contributed by atoms with Gasteiger partial charge in [0, 0.05) is 23.6 Å². The molecule has 0 aliphatic carbocycles. The number of hydrogen-bond acceptors (Lipinski definition) is 2. The normalized spacial score (nSPS) is 12.3. The van der Waals surface area contributed by atoms with E-state index in [1.54, 1.807) is 38.1 Å². The lowest BCUT2D eigenvalue weighted by molar-refractivity contribution is -0.151. The molecule has 0 saturated heterocycles. The maximum absolute atomic E-state index is 11.6. The Kier molecular flexibility index (Phi) is 4.73. The van der Waals surface area contributed by atoms with Gasteiger partial charge in [0.2, 0.25) is 5.91 Å². The highest BCUT2D eigenvalue weighted by molar-refractivity contribution is 6.31. The van der Waals surface area contributed by atoms with E-state index < -0.39 is 12.0 Å². The lowest BCUT2D eigenvalue weighted by Gasteiger charge is -2.32. The van der Waals surface area contributed by atoms with Crippen LogP contribution in [0.5, 0.6) is 0 Å². The first kappa shape index (κ1) is 14.5. The summed E-state index contributed by atoms with van der Waals surface area (Å²) in [4.78, 5) is 24.4. The van der Waals surface area contributed by atoms with Crippen LogP contribution in [0.1, 0.15) is 32.4 Å². The molecule has 1 rings (SSSR count). The van der Waals surface area contributed by atoms with E-state index >= 15 is 0 Å². The SMILES string of the molecule is CC(=O)N(C(C)C)C(C(=O)O)c1ccccc1Cl. The summed E-state index contributed by atoms with van der Waals surface area (Å²) in [7, 11) is 0. The number of aliphatic carboxylic acids is 1. The molecule has 0 radical (unpaired) electrons. The topological polar surface area (TPSA) is 57.6 Å². The number of benzene rings is 1. The van der Waals surface area contributed by atoms with E-state index in [0.29, 0.717) is 10.6 Å². The predicted molar refractivity (Wildman–Crippen MR) is 69.5 cm³/mol. The smallest absolute Gasteiger partial charge is 0.331 e. The van der Waals surface area contributed by atoms with Gasteiger partial charge in [0.05, 0.1) is 0 Å². The summed E-state index contributed by atoms with van der Waals surface area (Å²) in [6.07, 6.45) is 0. The van der Waals surface area contributed by atoms with Crippen LogP contribution in [0.15, 0.2) is 24.3 Å². The van der Waals surface area contributed by atoms with Crippen molar-refractivity contribution in [2.45, 2.75) is 32.9 Å². The zero-order chi connectivity index (χ0) is 13.9. The van der Waals surface area contributed by atoms with Crippen LogP contribution in [-0.4, -0.2) is 27.9 Å². The molecule has 0 fully saturated rings. The Bertz CT molecular complexity index is 459. The van der Waals surface area contributed by atoms with Crippen LogP contribution in [0, 0.1) is 0 Å². The van der Waals surface area contributed by atoms with E-state index in [0.717, 1.165) is 0 Å². The highest BCUT2D eigenvalue weighted by atomic mass is 35.5. The van der Waals surface area contributed by atoms with Gasteiger partial charge in [-0.15, -0.1) is 0 Å². The fraction of sp³-hybridized carbons (Fsp3) is 0.385. The van der Waals surface area contributed by atoms with Crippen molar-refractivity contribution in [2.24, 2.45) is 0 Å². The average Bonchev–Trinajstić information content (AvgIpc) is 2.25. The molecule has 1 N–H and O–H groups in total. The van der Waals surface area contributed by atoms with Crippen LogP contribution in [0.4, 0.5) is 0 Å². The van der Waals surface area contributed by atoms with Crippen LogP contribution in [0.2, 0.25) is 5.02 Å². The van der Waals surface area contributed by atoms with Crippen molar-refractivity contribution < 1.29 is 14.7 Å². The first-order valence-electron chi connectivity index (χ1n) is 5.62. The largest absolute Gasteiger partial charge is 0.479 e. The number of carboxylic acid groups (broad SMARTS) is 1. The predicted octanol–water partition coefficient (Wildman–Crippen LogP) is 2.72. The van der Waals surface area contributed by atoms with Crippen molar-refractivity contribution in [1.29, 1.82) is 0 Å². The fourth-order valence-electron chi connectivity index (χ4n) is 1.94. The molecule has 0 aliphatic rings. The molecule has 1 amide bonds. The molecular formula is C13H16ClNO3. The lowest BCUT2D eigenvalue weighted by Crippen LogP contribution is -2.42. The van der Waals surface area contributed by atoms with Gasteiger partial charge in [-0.3, -0.25) is 4.79 Å². The Balaban J connectivity index is 3.30. The number of carbonyl (C=O) groups excluding carboxylic acids is 1. The second-order valence-electron chi connectivity index (χ2n) is 4.28. The first-order chi connectivity index (χ1) is 8.36. The van der Waals surface area contributed by atoms with Gasteiger partial charge in [-0.25, -0.2) is 4.79 Å². The molecule has 1 unspecified atom stereocenters. The van der Waals surface area contributed by atoms with Gasteiger partial charge in [-0.1, -0.05) is 29.8 Å². The molecule has 4 nitrogen and oxygen atoms in total. The third kappa shape index (κ3) is 3.01. The molecule has 1 aromatic rings. The molecule has 1 atom stereocenters. The van der Waals surface area contributed by atoms with Gasteiger partial charge >= 0.3 is 5.97 Å². The van der Waals surface area contributed by atoms with Gasteiger partial charge < -0.3 is 10.0 Å². The summed E-state index contributed by atoms with van der Waals surface area (Å²) >= 11 is 6.02. The highest BCUT2D eigenvalue weighted by Crippen LogP contribution is 2.29. The zero-order valence-corrected chi connectivity index (χ0v) is 11.3. The van der Waals surface area contributed by atoms with Crippen LogP contribution < -0.4 is 0 Å². The third-order valence-corrected chi connectivity index (χ3v) is 2.98. The van der Waals surface area contributed by atoms with E-state index in [1.807, 2.05) is 0 Å². The van der Waals surface area contributed by atoms with Gasteiger partial charge in [-0.2, -0.15) is 0 Å². The summed E-state index contributed by atoms with van der Waals surface area (Å²) in [6, 6.07) is 5.38. The monoisotopic (exact) mass is 269 g/mol. The molecule has 18 heavy (non-hydrogen) atoms. The Morgan fingerprint density at radius 2 is 1.83 bits per heavy atom. The Morgan fingerprint density at radius 3 is 2.22 bits per heavy atom. The lowest BCUT2D eigenvalue weighted by atomic mass is 10.0. The van der Waals surface area contributed by atoms with E-state index in [9.17, 15) is 14.7 Å². The molecule has 1 aromatic carbocycles. The van der Waals surface area contributed by atoms with Crippen molar-refractivity contribution in [1.82, 2.24) is 4.90 Å². The molecule has 0 saturated carbocycles. The number of carboxylic acids is 1. The van der Waals surface area contributed by atoms with E-state index in [4.69, 9.17) is 11.6 Å². The van der Waals surface area contributed by atoms with Gasteiger partial charge in [0.15, 0.2) is 6.04 Å². The summed E-state index contributed by atoms with van der Waals surface area (Å²) < 4.78 is 0. The van der Waals surface area contributed by atoms with Gasteiger partial charge in [0.1, 0.15) is 0 Å². The summed E-state index contributed by atoms with van der Waals surface area (Å²) in [5.74, 6) is -1.38. The number of hydrogen-bond donors (Lipinski definition) is 1. The number of halogens is 1. The van der Waals surface area contributed by atoms with Crippen molar-refractivity contribution >= 4 is 23.5 Å². The quantitative estimate of drug-likeness (QED) is 0.914. The Labute approximate surface area is 111 Å². The molecular weight excluding hydrogens is 254 g/mol. The van der Waals surface area contributed by atoms with E-state index in [1.165, 1.54) is 11.8 Å². The van der Waals surface area contributed by atoms with Crippen LogP contribution in [0.25, 0.3) is 0 Å². The summed E-state index contributed by atoms with van der Waals surface area (Å²) in [5.41, 5.74) is 0.426. The molecule has 98 valence electrons. The van der Waals surface area contributed by atoms with Crippen LogP contribution in [-0.2, 0) is 9.59 Å². The van der Waals surface area contributed by atoms with Crippen molar-refractivity contribution in [3.63, 3.8) is 0 Å². The molecule has 0 bridgehead atoms. The van der Waals surface area contributed by atoms with Gasteiger partial charge in [0.25, 0.3) is 0 Å². The van der Waals surface area contributed by atoms with Crippen molar-refractivity contribution in [3.05, 3.63) is 34.9 Å². The highest BCUT2D eigenvalue weighted by Gasteiger charge is 2.32. The number of rotatable bonds is 4. The number of amides is 1. The Morgan fingerprint density at radius 1 is 1.28 bits per heavy atom. The second kappa shape index (κ2) is 5.87. The standard InChI is InChI=1S/C13H16ClNO3/c1-8(2)15(9(3)16)12(13(17)18)10-6-4-5-7-11(10)14/h4-8,12H,1-3H3,(H,17,18). The molecule has 0 aromatic heterocycles. The zero-order valence-electron chi connectivity index (χ0n) is 10.6. The fourth-order valence-corrected chi connectivity index (χ4v) is 2.18. The minimum atomic E-state index is -1.09. The maximum Gasteiger partial charge on any atom is 0.331 e. The van der Waals surface area contributed by atoms with E-state index in [-0.39, 0.29) is 11.9 Å². The Hall–Kier alpha value is -1.55. The van der Waals surface area contributed by atoms with Crippen LogP contribution >= 0.6 is 11.6 Å². The van der Waals surface area contributed by atoms with Crippen LogP contribution in [0.3, 0.4) is 0 Å². The van der Waals surface area contributed by atoms with Crippen molar-refractivity contribution in [3.8, 4) is 0 Å². The number of nitrogens with zero attached hydrogens (tertiary/aromatic N) is 1. The van der Waals surface area contributed by atoms with E-state index in [2.05, 4.69) is 0 Å². The summed E-state index contributed by atoms with van der Waals surface area (Å²) in [5, 5.41) is 9.71. The minimum Gasteiger partial charge on any atom is -0.479 e. The molecule has 0 heterocycles. The first-order valence-corrected chi connectivity index (χ1v) is 6.00. The average molecular weight is 270 g/mol. The molecule has 5 heteroatoms. The molecule has 0 spiro atoms. The third-order valence-electron chi connectivity index (χ3n) is 2.63. The minimum absolute atomic E-state index is 0.222. The number of carbonyl (C=O) groups is 2. The second-order valence-corrected chi connectivity index (χ2v) is 4.69. The van der Waals surface area contributed by atoms with Gasteiger partial charge in [-0.05, 0) is 19.9 Å².